The molecule has 1 N–H and O–H groups in total. The summed E-state index contributed by atoms with van der Waals surface area (Å²) >= 11 is 1.31. The summed E-state index contributed by atoms with van der Waals surface area (Å²) < 4.78 is 41.2. The summed E-state index contributed by atoms with van der Waals surface area (Å²) in [6.07, 6.45) is -3.69. The lowest BCUT2D eigenvalue weighted by Gasteiger charge is -2.18. The van der Waals surface area contributed by atoms with E-state index in [0.717, 1.165) is 23.6 Å². The van der Waals surface area contributed by atoms with Crippen LogP contribution in [-0.2, 0) is 11.2 Å². The number of anilines is 1. The van der Waals surface area contributed by atoms with Gasteiger partial charge in [-0.3, -0.25) is 9.59 Å². The number of hydrogen-bond acceptors (Lipinski definition) is 5. The Hall–Kier alpha value is -2.62. The Morgan fingerprint density at radius 3 is 2.80 bits per heavy atom. The van der Waals surface area contributed by atoms with Gasteiger partial charge in [-0.15, -0.1) is 24.5 Å². The van der Waals surface area contributed by atoms with E-state index in [2.05, 4.69) is 28.9 Å². The second-order valence-electron chi connectivity index (χ2n) is 7.47. The van der Waals surface area contributed by atoms with Crippen LogP contribution in [0.4, 0.5) is 18.9 Å². The van der Waals surface area contributed by atoms with Gasteiger partial charge in [0.2, 0.25) is 5.91 Å². The third-order valence-corrected chi connectivity index (χ3v) is 5.68. The van der Waals surface area contributed by atoms with Crippen molar-refractivity contribution in [3.63, 3.8) is 0 Å². The number of carbonyl (C=O) groups is 2. The highest BCUT2D eigenvalue weighted by Crippen LogP contribution is 2.29. The molecule has 6 nitrogen and oxygen atoms in total. The Bertz CT molecular complexity index is 943. The van der Waals surface area contributed by atoms with Gasteiger partial charge in [-0.05, 0) is 31.4 Å². The molecule has 1 unspecified atom stereocenters. The van der Waals surface area contributed by atoms with Crippen LogP contribution >= 0.6 is 11.3 Å². The Kier molecular flexibility index (Phi) is 6.35. The van der Waals surface area contributed by atoms with Crippen LogP contribution in [0.1, 0.15) is 40.6 Å². The number of nitrogens with zero attached hydrogens (tertiary/aromatic N) is 2. The molecule has 2 aromatic rings. The van der Waals surface area contributed by atoms with E-state index >= 15 is 0 Å². The molecule has 1 aliphatic rings. The van der Waals surface area contributed by atoms with E-state index in [1.807, 2.05) is 0 Å². The number of nitrogens with one attached hydrogen (secondary N) is 1. The lowest BCUT2D eigenvalue weighted by Crippen LogP contribution is -2.41. The molecule has 0 radical (unpaired) electrons. The van der Waals surface area contributed by atoms with Gasteiger partial charge >= 0.3 is 6.36 Å². The van der Waals surface area contributed by atoms with Crippen molar-refractivity contribution in [1.82, 2.24) is 10.3 Å². The molecule has 1 aromatic heterocycles. The molecule has 1 atom stereocenters. The van der Waals surface area contributed by atoms with E-state index in [0.29, 0.717) is 22.9 Å². The molecular weight excluding hydrogens is 419 g/mol. The van der Waals surface area contributed by atoms with Gasteiger partial charge in [-0.1, -0.05) is 19.9 Å². The molecule has 1 aliphatic heterocycles. The van der Waals surface area contributed by atoms with E-state index < -0.39 is 18.2 Å². The van der Waals surface area contributed by atoms with Gasteiger partial charge in [0, 0.05) is 24.7 Å². The molecule has 0 spiro atoms. The molecule has 162 valence electrons. The molecule has 0 saturated carbocycles. The summed E-state index contributed by atoms with van der Waals surface area (Å²) in [5.41, 5.74) is 0.902. The third-order valence-electron chi connectivity index (χ3n) is 4.50. The van der Waals surface area contributed by atoms with Gasteiger partial charge in [0.15, 0.2) is 0 Å². The van der Waals surface area contributed by atoms with Crippen molar-refractivity contribution < 1.29 is 27.5 Å². The van der Waals surface area contributed by atoms with Crippen molar-refractivity contribution in [3.05, 3.63) is 39.8 Å². The molecule has 30 heavy (non-hydrogen) atoms. The molecule has 0 bridgehead atoms. The van der Waals surface area contributed by atoms with Gasteiger partial charge < -0.3 is 15.0 Å². The van der Waals surface area contributed by atoms with Crippen LogP contribution in [0, 0.1) is 12.8 Å². The minimum absolute atomic E-state index is 0.277. The van der Waals surface area contributed by atoms with Gasteiger partial charge in [-0.25, -0.2) is 4.98 Å². The quantitative estimate of drug-likeness (QED) is 0.733. The summed E-state index contributed by atoms with van der Waals surface area (Å²) in [4.78, 5) is 31.6. The fourth-order valence-electron chi connectivity index (χ4n) is 3.24. The highest BCUT2D eigenvalue weighted by Gasteiger charge is 2.35. The maximum atomic E-state index is 12.7. The van der Waals surface area contributed by atoms with Crippen LogP contribution in [0.2, 0.25) is 0 Å². The van der Waals surface area contributed by atoms with E-state index in [1.54, 1.807) is 6.92 Å². The van der Waals surface area contributed by atoms with Crippen molar-refractivity contribution in [2.45, 2.75) is 46.0 Å². The third kappa shape index (κ3) is 5.29. The number of thiazole rings is 1. The monoisotopic (exact) mass is 441 g/mol. The number of hydrogen-bond donors (Lipinski definition) is 1. The highest BCUT2D eigenvalue weighted by molar-refractivity contribution is 7.13. The summed E-state index contributed by atoms with van der Waals surface area (Å²) in [7, 11) is 0. The fourth-order valence-corrected chi connectivity index (χ4v) is 4.42. The number of rotatable bonds is 6. The second-order valence-corrected chi connectivity index (χ2v) is 8.55. The largest absolute Gasteiger partial charge is 0.573 e. The minimum atomic E-state index is -4.81. The second kappa shape index (κ2) is 8.63. The van der Waals surface area contributed by atoms with Crippen LogP contribution in [0.25, 0.3) is 0 Å². The number of carbonyl (C=O) groups excluding carboxylic acids is 2. The molecule has 0 aliphatic carbocycles. The average Bonchev–Trinajstić information content (AvgIpc) is 3.16. The van der Waals surface area contributed by atoms with Gasteiger partial charge in [0.1, 0.15) is 16.7 Å². The minimum Gasteiger partial charge on any atom is -0.406 e. The highest BCUT2D eigenvalue weighted by atomic mass is 32.1. The number of halogens is 3. The fraction of sp³-hybridized carbons (Fsp3) is 0.450. The van der Waals surface area contributed by atoms with Crippen molar-refractivity contribution in [1.29, 1.82) is 0 Å². The van der Waals surface area contributed by atoms with E-state index in [9.17, 15) is 22.8 Å². The first kappa shape index (κ1) is 22.1. The predicted molar refractivity (Wildman–Crippen MR) is 107 cm³/mol. The number of benzene rings is 1. The summed E-state index contributed by atoms with van der Waals surface area (Å²) in [5.74, 6) is -0.738. The van der Waals surface area contributed by atoms with E-state index in [1.165, 1.54) is 28.4 Å². The molecule has 1 aromatic carbocycles. The Morgan fingerprint density at radius 1 is 1.40 bits per heavy atom. The number of amides is 2. The Morgan fingerprint density at radius 2 is 2.13 bits per heavy atom. The van der Waals surface area contributed by atoms with Crippen LogP contribution in [0.5, 0.6) is 5.75 Å². The van der Waals surface area contributed by atoms with Gasteiger partial charge in [0.25, 0.3) is 5.91 Å². The van der Waals surface area contributed by atoms with Gasteiger partial charge in [-0.2, -0.15) is 0 Å². The summed E-state index contributed by atoms with van der Waals surface area (Å²) in [6, 6.07) is 4.47. The van der Waals surface area contributed by atoms with Crippen molar-refractivity contribution >= 4 is 28.8 Å². The topological polar surface area (TPSA) is 71.5 Å². The first-order valence-corrected chi connectivity index (χ1v) is 10.3. The zero-order valence-corrected chi connectivity index (χ0v) is 17.6. The SMILES string of the molecule is Cc1nc(CC(C)C)sc1C(=O)NC1CCN(c2cccc(OC(F)(F)F)c2)C1=O. The molecule has 2 amide bonds. The van der Waals surface area contributed by atoms with Crippen LogP contribution in [0.3, 0.4) is 0 Å². The van der Waals surface area contributed by atoms with Crippen LogP contribution in [0.15, 0.2) is 24.3 Å². The van der Waals surface area contributed by atoms with Crippen LogP contribution < -0.4 is 15.0 Å². The summed E-state index contributed by atoms with van der Waals surface area (Å²) in [6.45, 7) is 6.16. The zero-order chi connectivity index (χ0) is 22.1. The molecule has 3 rings (SSSR count). The van der Waals surface area contributed by atoms with E-state index in [-0.39, 0.29) is 24.0 Å². The zero-order valence-electron chi connectivity index (χ0n) is 16.7. The maximum Gasteiger partial charge on any atom is 0.573 e. The summed E-state index contributed by atoms with van der Waals surface area (Å²) in [5, 5.41) is 3.60. The maximum absolute atomic E-state index is 12.7. The molecule has 10 heteroatoms. The van der Waals surface area contributed by atoms with Gasteiger partial charge in [0.05, 0.1) is 10.7 Å². The average molecular weight is 441 g/mol. The van der Waals surface area contributed by atoms with Crippen LogP contribution in [-0.4, -0.2) is 35.7 Å². The molecule has 2 heterocycles. The number of ether oxygens (including phenoxy) is 1. The lowest BCUT2D eigenvalue weighted by molar-refractivity contribution is -0.274. The van der Waals surface area contributed by atoms with E-state index in [4.69, 9.17) is 0 Å². The van der Waals surface area contributed by atoms with Crippen molar-refractivity contribution in [2.24, 2.45) is 5.92 Å². The standard InChI is InChI=1S/C20H22F3N3O3S/c1-11(2)9-16-24-12(3)17(30-16)18(27)25-15-7-8-26(19(15)28)13-5-4-6-14(10-13)29-20(21,22)23/h4-6,10-11,15H,7-9H2,1-3H3,(H,25,27). The molecular formula is C20H22F3N3O3S. The lowest BCUT2D eigenvalue weighted by atomic mass is 10.1. The van der Waals surface area contributed by atoms with Crippen molar-refractivity contribution in [3.8, 4) is 5.75 Å². The molecule has 1 fully saturated rings. The molecule has 1 saturated heterocycles. The predicted octanol–water partition coefficient (Wildman–Crippen LogP) is 4.08. The first-order chi connectivity index (χ1) is 14.0. The first-order valence-electron chi connectivity index (χ1n) is 9.48. The Balaban J connectivity index is 1.68. The Labute approximate surface area is 176 Å². The number of alkyl halides is 3. The van der Waals surface area contributed by atoms with Crippen molar-refractivity contribution in [2.75, 3.05) is 11.4 Å². The number of aromatic nitrogens is 1. The normalized spacial score (nSPS) is 17.0. The smallest absolute Gasteiger partial charge is 0.406 e. The number of aryl methyl sites for hydroxylation is 1.